The number of fused-ring (bicyclic) bond motifs is 2. The number of aromatic nitrogens is 1. The van der Waals surface area contributed by atoms with Gasteiger partial charge in [0, 0.05) is 40.6 Å². The van der Waals surface area contributed by atoms with E-state index in [9.17, 15) is 5.26 Å². The van der Waals surface area contributed by atoms with Crippen LogP contribution in [0, 0.1) is 23.2 Å². The van der Waals surface area contributed by atoms with Gasteiger partial charge in [0.2, 0.25) is 0 Å². The first-order valence-corrected chi connectivity index (χ1v) is 13.7. The van der Waals surface area contributed by atoms with E-state index in [1.165, 1.54) is 32.1 Å². The van der Waals surface area contributed by atoms with Crippen LogP contribution < -0.4 is 21.6 Å². The summed E-state index contributed by atoms with van der Waals surface area (Å²) < 4.78 is 0. The maximum atomic E-state index is 9.88. The molecule has 3 aromatic rings. The molecule has 188 valence electrons. The Kier molecular flexibility index (Phi) is 5.58. The SMILES string of the molecule is N#Cc1cnc2c(Cl)cc(NC(C3=CN(C4CC4)NN3)c3ccccc3Cl)cc2c1NC1[C@H]2CCC[C@@H]12. The first-order valence-electron chi connectivity index (χ1n) is 12.9. The van der Waals surface area contributed by atoms with Crippen LogP contribution in [-0.2, 0) is 0 Å². The summed E-state index contributed by atoms with van der Waals surface area (Å²) in [7, 11) is 0. The van der Waals surface area contributed by atoms with Crippen LogP contribution in [0.2, 0.25) is 10.0 Å². The number of pyridine rings is 1. The van der Waals surface area contributed by atoms with Crippen molar-refractivity contribution in [3.63, 3.8) is 0 Å². The average Bonchev–Trinajstić information content (AvgIpc) is 3.73. The minimum absolute atomic E-state index is 0.246. The number of rotatable bonds is 7. The van der Waals surface area contributed by atoms with Gasteiger partial charge in [-0.15, -0.1) is 5.53 Å². The number of anilines is 2. The van der Waals surface area contributed by atoms with Gasteiger partial charge in [-0.2, -0.15) is 5.26 Å². The number of nitrogens with zero attached hydrogens (tertiary/aromatic N) is 3. The van der Waals surface area contributed by atoms with E-state index in [1.54, 1.807) is 6.20 Å². The van der Waals surface area contributed by atoms with Crippen molar-refractivity contribution in [1.82, 2.24) is 21.0 Å². The molecule has 7 rings (SSSR count). The minimum Gasteiger partial charge on any atom is -0.380 e. The van der Waals surface area contributed by atoms with Gasteiger partial charge in [-0.25, -0.2) is 0 Å². The normalized spacial score (nSPS) is 24.7. The van der Waals surface area contributed by atoms with E-state index in [2.05, 4.69) is 43.9 Å². The molecule has 0 amide bonds. The Balaban J connectivity index is 1.28. The van der Waals surface area contributed by atoms with Crippen LogP contribution in [0.4, 0.5) is 11.4 Å². The standard InChI is InChI=1S/C28H27Cl2N7/c29-22-7-2-1-4-20(22)28(24-14-37(36-35-24)17-8-9-17)33-16-10-21-25(34-26-18-5-3-6-19(18)26)15(12-31)13-32-27(21)23(30)11-16/h1-2,4,7,10-11,13-14,17-19,26,28,33,35-36H,3,5-6,8-9H2,(H,32,34)/t18-,19+,26?,28?. The topological polar surface area (TPSA) is 88.0 Å². The minimum atomic E-state index is -0.246. The summed E-state index contributed by atoms with van der Waals surface area (Å²) in [4.78, 5) is 4.53. The highest BCUT2D eigenvalue weighted by Gasteiger charge is 2.52. The molecule has 2 unspecified atom stereocenters. The summed E-state index contributed by atoms with van der Waals surface area (Å²) in [5.41, 5.74) is 11.4. The number of nitriles is 1. The van der Waals surface area contributed by atoms with Gasteiger partial charge in [-0.05, 0) is 61.3 Å². The Hall–Kier alpha value is -3.18. The second-order valence-corrected chi connectivity index (χ2v) is 11.3. The molecule has 4 aliphatic rings. The van der Waals surface area contributed by atoms with Gasteiger partial charge < -0.3 is 16.1 Å². The molecule has 1 aliphatic heterocycles. The van der Waals surface area contributed by atoms with Crippen molar-refractivity contribution in [3.8, 4) is 6.07 Å². The molecule has 2 aromatic carbocycles. The van der Waals surface area contributed by atoms with E-state index in [-0.39, 0.29) is 6.04 Å². The molecule has 0 radical (unpaired) electrons. The Morgan fingerprint density at radius 3 is 2.65 bits per heavy atom. The summed E-state index contributed by atoms with van der Waals surface area (Å²) in [5.74, 6) is 1.41. The van der Waals surface area contributed by atoms with Crippen LogP contribution in [0.1, 0.15) is 49.3 Å². The number of hydrogen-bond acceptors (Lipinski definition) is 7. The van der Waals surface area contributed by atoms with Crippen LogP contribution in [0.25, 0.3) is 10.9 Å². The number of benzene rings is 2. The molecule has 3 saturated carbocycles. The summed E-state index contributed by atoms with van der Waals surface area (Å²) in [5, 5.41) is 21.4. The number of hydrogen-bond donors (Lipinski definition) is 4. The van der Waals surface area contributed by atoms with Gasteiger partial charge in [-0.1, -0.05) is 47.8 Å². The lowest BCUT2D eigenvalue weighted by molar-refractivity contribution is 0.260. The lowest BCUT2D eigenvalue weighted by atomic mass is 10.0. The Bertz CT molecular complexity index is 1450. The monoisotopic (exact) mass is 531 g/mol. The summed E-state index contributed by atoms with van der Waals surface area (Å²) >= 11 is 13.4. The molecule has 0 saturated heterocycles. The highest BCUT2D eigenvalue weighted by atomic mass is 35.5. The Morgan fingerprint density at radius 2 is 1.89 bits per heavy atom. The van der Waals surface area contributed by atoms with Crippen molar-refractivity contribution < 1.29 is 0 Å². The summed E-state index contributed by atoms with van der Waals surface area (Å²) in [6, 6.07) is 14.8. The zero-order chi connectivity index (χ0) is 25.1. The average molecular weight is 532 g/mol. The smallest absolute Gasteiger partial charge is 0.103 e. The molecule has 3 fully saturated rings. The molecule has 7 nitrogen and oxygen atoms in total. The van der Waals surface area contributed by atoms with E-state index in [0.29, 0.717) is 45.0 Å². The van der Waals surface area contributed by atoms with Crippen LogP contribution in [0.3, 0.4) is 0 Å². The third-order valence-electron chi connectivity index (χ3n) is 8.15. The molecule has 2 heterocycles. The third kappa shape index (κ3) is 4.14. The molecule has 4 atom stereocenters. The third-order valence-corrected chi connectivity index (χ3v) is 8.78. The molecular weight excluding hydrogens is 505 g/mol. The summed E-state index contributed by atoms with van der Waals surface area (Å²) in [6.45, 7) is 0. The second-order valence-electron chi connectivity index (χ2n) is 10.5. The van der Waals surface area contributed by atoms with Crippen LogP contribution in [-0.4, -0.2) is 22.1 Å². The largest absolute Gasteiger partial charge is 0.380 e. The number of nitrogens with one attached hydrogen (secondary N) is 4. The van der Waals surface area contributed by atoms with E-state index in [1.807, 2.05) is 36.4 Å². The van der Waals surface area contributed by atoms with Crippen molar-refractivity contribution in [2.45, 2.75) is 50.2 Å². The van der Waals surface area contributed by atoms with Crippen molar-refractivity contribution in [2.24, 2.45) is 11.8 Å². The highest BCUT2D eigenvalue weighted by molar-refractivity contribution is 6.36. The zero-order valence-electron chi connectivity index (χ0n) is 20.1. The second kappa shape index (κ2) is 8.98. The van der Waals surface area contributed by atoms with E-state index < -0.39 is 0 Å². The van der Waals surface area contributed by atoms with E-state index in [4.69, 9.17) is 23.2 Å². The van der Waals surface area contributed by atoms with Gasteiger partial charge >= 0.3 is 0 Å². The lowest BCUT2D eigenvalue weighted by Crippen LogP contribution is -2.38. The van der Waals surface area contributed by atoms with Crippen molar-refractivity contribution in [3.05, 3.63) is 75.7 Å². The molecule has 3 aliphatic carbocycles. The maximum Gasteiger partial charge on any atom is 0.103 e. The van der Waals surface area contributed by atoms with E-state index >= 15 is 0 Å². The van der Waals surface area contributed by atoms with Crippen molar-refractivity contribution in [1.29, 1.82) is 5.26 Å². The Labute approximate surface area is 225 Å². The van der Waals surface area contributed by atoms with Crippen LogP contribution in [0.15, 0.2) is 54.5 Å². The molecule has 4 N–H and O–H groups in total. The molecule has 1 aromatic heterocycles. The maximum absolute atomic E-state index is 9.88. The predicted molar refractivity (Wildman–Crippen MR) is 147 cm³/mol. The van der Waals surface area contributed by atoms with Gasteiger partial charge in [0.25, 0.3) is 0 Å². The molecule has 0 bridgehead atoms. The molecule has 9 heteroatoms. The van der Waals surface area contributed by atoms with Gasteiger partial charge in [-0.3, -0.25) is 9.99 Å². The van der Waals surface area contributed by atoms with Crippen molar-refractivity contribution >= 4 is 45.5 Å². The number of hydrazine groups is 2. The fourth-order valence-electron chi connectivity index (χ4n) is 6.02. The van der Waals surface area contributed by atoms with Gasteiger partial charge in [0.15, 0.2) is 0 Å². The quantitative estimate of drug-likeness (QED) is 0.292. The first kappa shape index (κ1) is 23.0. The summed E-state index contributed by atoms with van der Waals surface area (Å²) in [6.07, 6.45) is 9.90. The van der Waals surface area contributed by atoms with Crippen LogP contribution >= 0.6 is 23.2 Å². The zero-order valence-corrected chi connectivity index (χ0v) is 21.7. The predicted octanol–water partition coefficient (Wildman–Crippen LogP) is 6.11. The number of halogens is 2. The van der Waals surface area contributed by atoms with Gasteiger partial charge in [0.1, 0.15) is 6.07 Å². The van der Waals surface area contributed by atoms with Crippen LogP contribution in [0.5, 0.6) is 0 Å². The molecule has 0 spiro atoms. The van der Waals surface area contributed by atoms with Gasteiger partial charge in [0.05, 0.1) is 33.5 Å². The van der Waals surface area contributed by atoms with Crippen molar-refractivity contribution in [2.75, 3.05) is 10.6 Å². The fraction of sp³-hybridized carbons (Fsp3) is 0.357. The highest BCUT2D eigenvalue weighted by Crippen LogP contribution is 2.54. The lowest BCUT2D eigenvalue weighted by Gasteiger charge is -2.23. The molecule has 37 heavy (non-hydrogen) atoms. The molecular formula is C28H27Cl2N7. The van der Waals surface area contributed by atoms with E-state index in [0.717, 1.165) is 28.0 Å². The Morgan fingerprint density at radius 1 is 1.08 bits per heavy atom. The first-order chi connectivity index (χ1) is 18.1. The fourth-order valence-corrected chi connectivity index (χ4v) is 6.54.